The number of likely N-dealkylation sites (N-methyl/N-ethyl adjacent to an activating group) is 1. The molecule has 0 fully saturated rings. The summed E-state index contributed by atoms with van der Waals surface area (Å²) >= 11 is 0. The highest BCUT2D eigenvalue weighted by molar-refractivity contribution is 6.02. The van der Waals surface area contributed by atoms with Gasteiger partial charge in [-0.05, 0) is 62.3 Å². The van der Waals surface area contributed by atoms with E-state index in [0.717, 1.165) is 64.9 Å². The SMILES string of the molecule is CCCC1=C(C2=C(C)C(C)CCNC2=O)CCc2cnc(Oc3ncnc4c3CN(C)CC4)c(F)c21. The molecule has 0 radical (unpaired) electrons. The molecule has 2 aromatic rings. The van der Waals surface area contributed by atoms with Crippen LogP contribution in [0.3, 0.4) is 0 Å². The van der Waals surface area contributed by atoms with Crippen molar-refractivity contribution in [2.75, 3.05) is 20.1 Å². The molecule has 1 N–H and O–H groups in total. The highest BCUT2D eigenvalue weighted by Gasteiger charge is 2.32. The summed E-state index contributed by atoms with van der Waals surface area (Å²) in [5.41, 5.74) is 6.88. The third-order valence-corrected chi connectivity index (χ3v) is 7.75. The first-order chi connectivity index (χ1) is 17.4. The van der Waals surface area contributed by atoms with Crippen LogP contribution in [0.5, 0.6) is 11.8 Å². The van der Waals surface area contributed by atoms with Gasteiger partial charge in [-0.3, -0.25) is 4.79 Å². The fourth-order valence-electron chi connectivity index (χ4n) is 5.59. The number of carbonyl (C=O) groups is 1. The number of aromatic nitrogens is 3. The average molecular weight is 492 g/mol. The van der Waals surface area contributed by atoms with Crippen LogP contribution in [-0.4, -0.2) is 45.9 Å². The Balaban J connectivity index is 1.61. The molecule has 0 aromatic carbocycles. The maximum atomic E-state index is 16.2. The Kier molecular flexibility index (Phi) is 6.88. The van der Waals surface area contributed by atoms with Gasteiger partial charge in [0.15, 0.2) is 5.82 Å². The van der Waals surface area contributed by atoms with Crippen molar-refractivity contribution < 1.29 is 13.9 Å². The zero-order valence-corrected chi connectivity index (χ0v) is 21.6. The van der Waals surface area contributed by atoms with Crippen molar-refractivity contribution in [2.45, 2.75) is 65.8 Å². The van der Waals surface area contributed by atoms with E-state index in [4.69, 9.17) is 4.74 Å². The molecule has 7 nitrogen and oxygen atoms in total. The van der Waals surface area contributed by atoms with Crippen LogP contribution in [0.15, 0.2) is 29.2 Å². The van der Waals surface area contributed by atoms with Gasteiger partial charge in [0.1, 0.15) is 6.33 Å². The number of allylic oxidation sites excluding steroid dienone is 2. The average Bonchev–Trinajstić information content (AvgIpc) is 2.98. The van der Waals surface area contributed by atoms with E-state index in [9.17, 15) is 4.79 Å². The number of nitrogens with one attached hydrogen (secondary N) is 1. The molecular formula is C28H34FN5O2. The van der Waals surface area contributed by atoms with E-state index in [1.807, 2.05) is 14.0 Å². The van der Waals surface area contributed by atoms with Gasteiger partial charge in [-0.2, -0.15) is 0 Å². The Morgan fingerprint density at radius 2 is 2.03 bits per heavy atom. The molecule has 8 heteroatoms. The Labute approximate surface area is 211 Å². The number of carbonyl (C=O) groups excluding carboxylic acids is 1. The standard InChI is InChI=1S/C28H34FN5O2/c1-5-6-19-20(23-17(3)16(2)9-11-30-26(23)35)8-7-18-13-31-28(25(29)24(18)19)36-27-21-14-34(4)12-10-22(21)32-15-33-27/h13,15-16H,5-12,14H2,1-4H3,(H,30,35). The number of pyridine rings is 1. The zero-order chi connectivity index (χ0) is 25.4. The van der Waals surface area contributed by atoms with Gasteiger partial charge in [0.2, 0.25) is 5.88 Å². The van der Waals surface area contributed by atoms with Gasteiger partial charge in [-0.1, -0.05) is 25.8 Å². The number of ether oxygens (including phenoxy) is 1. The molecule has 2 aromatic heterocycles. The number of aryl methyl sites for hydroxylation is 1. The molecule has 3 aliphatic rings. The van der Waals surface area contributed by atoms with Crippen LogP contribution < -0.4 is 10.1 Å². The monoisotopic (exact) mass is 491 g/mol. The number of hydrogen-bond donors (Lipinski definition) is 1. The number of amides is 1. The minimum Gasteiger partial charge on any atom is -0.417 e. The van der Waals surface area contributed by atoms with E-state index < -0.39 is 5.82 Å². The lowest BCUT2D eigenvalue weighted by molar-refractivity contribution is -0.117. The van der Waals surface area contributed by atoms with Crippen LogP contribution in [0.25, 0.3) is 5.57 Å². The summed E-state index contributed by atoms with van der Waals surface area (Å²) in [5.74, 6) is 0.0307. The molecule has 1 amide bonds. The van der Waals surface area contributed by atoms with Crippen molar-refractivity contribution in [1.82, 2.24) is 25.2 Å². The third kappa shape index (κ3) is 4.43. The van der Waals surface area contributed by atoms with Crippen LogP contribution in [-0.2, 0) is 24.2 Å². The summed E-state index contributed by atoms with van der Waals surface area (Å²) in [6, 6.07) is 0. The van der Waals surface area contributed by atoms with Crippen LogP contribution in [0.2, 0.25) is 0 Å². The molecule has 2 aliphatic heterocycles. The van der Waals surface area contributed by atoms with Crippen molar-refractivity contribution >= 4 is 11.5 Å². The normalized spacial score (nSPS) is 20.6. The van der Waals surface area contributed by atoms with Gasteiger partial charge in [0, 0.05) is 43.4 Å². The Morgan fingerprint density at radius 3 is 2.83 bits per heavy atom. The first-order valence-electron chi connectivity index (χ1n) is 13.0. The van der Waals surface area contributed by atoms with E-state index in [0.29, 0.717) is 49.7 Å². The number of hydrogen-bond acceptors (Lipinski definition) is 6. The molecule has 0 saturated heterocycles. The van der Waals surface area contributed by atoms with E-state index in [1.54, 1.807) is 6.20 Å². The number of fused-ring (bicyclic) bond motifs is 2. The van der Waals surface area contributed by atoms with Gasteiger partial charge in [-0.25, -0.2) is 19.3 Å². The lowest BCUT2D eigenvalue weighted by Crippen LogP contribution is -2.28. The van der Waals surface area contributed by atoms with Crippen LogP contribution in [0.1, 0.15) is 68.8 Å². The first kappa shape index (κ1) is 24.6. The lowest BCUT2D eigenvalue weighted by atomic mass is 9.78. The Hall–Kier alpha value is -3.13. The summed E-state index contributed by atoms with van der Waals surface area (Å²) in [6.45, 7) is 8.49. The summed E-state index contributed by atoms with van der Waals surface area (Å²) < 4.78 is 22.3. The number of rotatable bonds is 5. The molecular weight excluding hydrogens is 457 g/mol. The minimum atomic E-state index is -0.481. The highest BCUT2D eigenvalue weighted by atomic mass is 19.1. The quantitative estimate of drug-likeness (QED) is 0.649. The summed E-state index contributed by atoms with van der Waals surface area (Å²) in [6.07, 6.45) is 7.74. The third-order valence-electron chi connectivity index (χ3n) is 7.75. The second-order valence-electron chi connectivity index (χ2n) is 10.2. The second kappa shape index (κ2) is 10.1. The van der Waals surface area contributed by atoms with Crippen LogP contribution >= 0.6 is 0 Å². The molecule has 1 aliphatic carbocycles. The Morgan fingerprint density at radius 1 is 1.19 bits per heavy atom. The fourth-order valence-corrected chi connectivity index (χ4v) is 5.59. The van der Waals surface area contributed by atoms with Gasteiger partial charge >= 0.3 is 0 Å². The summed E-state index contributed by atoms with van der Waals surface area (Å²) in [5, 5.41) is 3.05. The van der Waals surface area contributed by atoms with Crippen LogP contribution in [0.4, 0.5) is 4.39 Å². The first-order valence-corrected chi connectivity index (χ1v) is 13.0. The number of nitrogens with zero attached hydrogens (tertiary/aromatic N) is 4. The van der Waals surface area contributed by atoms with Crippen molar-refractivity contribution in [2.24, 2.45) is 5.92 Å². The molecule has 1 atom stereocenters. The zero-order valence-electron chi connectivity index (χ0n) is 21.6. The largest absolute Gasteiger partial charge is 0.417 e. The maximum absolute atomic E-state index is 16.2. The Bertz CT molecular complexity index is 1270. The predicted octanol–water partition coefficient (Wildman–Crippen LogP) is 4.76. The van der Waals surface area contributed by atoms with E-state index >= 15 is 4.39 Å². The van der Waals surface area contributed by atoms with E-state index in [2.05, 4.69) is 39.0 Å². The highest BCUT2D eigenvalue weighted by Crippen LogP contribution is 2.43. The second-order valence-corrected chi connectivity index (χ2v) is 10.2. The summed E-state index contributed by atoms with van der Waals surface area (Å²) in [4.78, 5) is 28.4. The van der Waals surface area contributed by atoms with Crippen molar-refractivity contribution in [1.29, 1.82) is 0 Å². The van der Waals surface area contributed by atoms with E-state index in [1.165, 1.54) is 6.33 Å². The van der Waals surface area contributed by atoms with Gasteiger partial charge in [-0.15, -0.1) is 0 Å². The fraction of sp³-hybridized carbons (Fsp3) is 0.500. The molecule has 0 saturated carbocycles. The van der Waals surface area contributed by atoms with E-state index in [-0.39, 0.29) is 11.8 Å². The van der Waals surface area contributed by atoms with Crippen molar-refractivity contribution in [3.63, 3.8) is 0 Å². The molecule has 5 rings (SSSR count). The number of halogens is 1. The summed E-state index contributed by atoms with van der Waals surface area (Å²) in [7, 11) is 2.03. The van der Waals surface area contributed by atoms with Gasteiger partial charge < -0.3 is 15.0 Å². The topological polar surface area (TPSA) is 80.2 Å². The van der Waals surface area contributed by atoms with Crippen molar-refractivity contribution in [3.8, 4) is 11.8 Å². The van der Waals surface area contributed by atoms with Gasteiger partial charge in [0.25, 0.3) is 11.8 Å². The minimum absolute atomic E-state index is 0.0495. The maximum Gasteiger partial charge on any atom is 0.258 e. The molecule has 4 heterocycles. The molecule has 0 bridgehead atoms. The molecule has 1 unspecified atom stereocenters. The van der Waals surface area contributed by atoms with Gasteiger partial charge in [0.05, 0.1) is 11.3 Å². The predicted molar refractivity (Wildman–Crippen MR) is 136 cm³/mol. The smallest absolute Gasteiger partial charge is 0.258 e. The molecule has 36 heavy (non-hydrogen) atoms. The molecule has 0 spiro atoms. The lowest BCUT2D eigenvalue weighted by Gasteiger charge is -2.27. The van der Waals surface area contributed by atoms with Crippen molar-refractivity contribution in [3.05, 3.63) is 57.4 Å². The van der Waals surface area contributed by atoms with Crippen LogP contribution in [0, 0.1) is 11.7 Å². The molecule has 190 valence electrons.